The van der Waals surface area contributed by atoms with Crippen molar-refractivity contribution in [2.45, 2.75) is 24.4 Å². The summed E-state index contributed by atoms with van der Waals surface area (Å²) in [6, 6.07) is -1.07. The number of aryl methyl sites for hydroxylation is 1. The van der Waals surface area contributed by atoms with E-state index in [0.29, 0.717) is 11.5 Å². The first kappa shape index (κ1) is 15.2. The van der Waals surface area contributed by atoms with Gasteiger partial charge < -0.3 is 14.7 Å². The third-order valence-corrected chi connectivity index (χ3v) is 4.11. The van der Waals surface area contributed by atoms with E-state index in [0.717, 1.165) is 0 Å². The lowest BCUT2D eigenvalue weighted by atomic mass is 10.2. The summed E-state index contributed by atoms with van der Waals surface area (Å²) in [7, 11) is -2.71. The molecule has 0 amide bonds. The van der Waals surface area contributed by atoms with Crippen molar-refractivity contribution in [3.8, 4) is 0 Å². The van der Waals surface area contributed by atoms with Crippen LogP contribution in [0.25, 0.3) is 0 Å². The van der Waals surface area contributed by atoms with E-state index in [1.807, 2.05) is 0 Å². The number of esters is 1. The number of hydrogen-bond donors (Lipinski definition) is 3. The Bertz CT molecular complexity index is 707. The van der Waals surface area contributed by atoms with Crippen LogP contribution in [0.5, 0.6) is 0 Å². The Labute approximate surface area is 121 Å². The van der Waals surface area contributed by atoms with E-state index < -0.39 is 22.0 Å². The Morgan fingerprint density at radius 3 is 2.76 bits per heavy atom. The molecule has 0 aromatic carbocycles. The summed E-state index contributed by atoms with van der Waals surface area (Å²) >= 11 is 0. The van der Waals surface area contributed by atoms with Crippen LogP contribution in [0.4, 0.5) is 0 Å². The van der Waals surface area contributed by atoms with Crippen molar-refractivity contribution in [3.63, 3.8) is 0 Å². The third-order valence-electron chi connectivity index (χ3n) is 2.73. The molecule has 0 aliphatic carbocycles. The number of carbonyl (C=O) groups is 1. The second-order valence-electron chi connectivity index (χ2n) is 4.31. The number of H-pyrrole nitrogens is 2. The number of nitrogens with zero attached hydrogens (tertiary/aromatic N) is 2. The molecule has 21 heavy (non-hydrogen) atoms. The van der Waals surface area contributed by atoms with Crippen LogP contribution in [0, 0.1) is 6.92 Å². The molecule has 2 heterocycles. The Kier molecular flexibility index (Phi) is 4.38. The highest BCUT2D eigenvalue weighted by Crippen LogP contribution is 2.08. The number of nitrogens with one attached hydrogen (secondary N) is 3. The van der Waals surface area contributed by atoms with Gasteiger partial charge in [-0.1, -0.05) is 0 Å². The minimum atomic E-state index is -3.90. The summed E-state index contributed by atoms with van der Waals surface area (Å²) in [6.45, 7) is 1.63. The number of carbonyl (C=O) groups excluding carboxylic acids is 1. The number of rotatable bonds is 6. The monoisotopic (exact) mass is 313 g/mol. The number of aromatic nitrogens is 4. The average Bonchev–Trinajstić information content (AvgIpc) is 3.08. The number of imidazole rings is 2. The molecular formula is C11H15N5O4S. The van der Waals surface area contributed by atoms with Crippen LogP contribution in [-0.4, -0.2) is 47.5 Å². The van der Waals surface area contributed by atoms with E-state index >= 15 is 0 Å². The van der Waals surface area contributed by atoms with Crippen molar-refractivity contribution in [3.05, 3.63) is 30.2 Å². The number of hydrogen-bond acceptors (Lipinski definition) is 6. The largest absolute Gasteiger partial charge is 0.468 e. The van der Waals surface area contributed by atoms with Crippen molar-refractivity contribution in [2.24, 2.45) is 0 Å². The maximum Gasteiger partial charge on any atom is 0.324 e. The van der Waals surface area contributed by atoms with Gasteiger partial charge >= 0.3 is 5.97 Å². The normalized spacial score (nSPS) is 13.0. The predicted octanol–water partition coefficient (Wildman–Crippen LogP) is -0.496. The van der Waals surface area contributed by atoms with Crippen LogP contribution in [0.15, 0.2) is 23.7 Å². The molecule has 2 aromatic heterocycles. The van der Waals surface area contributed by atoms with Crippen LogP contribution < -0.4 is 4.72 Å². The molecule has 0 unspecified atom stereocenters. The first-order valence-corrected chi connectivity index (χ1v) is 7.49. The van der Waals surface area contributed by atoms with Gasteiger partial charge in [-0.05, 0) is 6.92 Å². The molecule has 0 bridgehead atoms. The number of aromatic amines is 2. The average molecular weight is 313 g/mol. The van der Waals surface area contributed by atoms with Gasteiger partial charge in [-0.3, -0.25) is 4.79 Å². The SMILES string of the molecule is COC(=O)[C@H](Cc1cnc[nH]1)NS(=O)(=O)c1cnc(C)[nH]1. The smallest absolute Gasteiger partial charge is 0.324 e. The molecule has 0 fully saturated rings. The van der Waals surface area contributed by atoms with E-state index in [1.54, 1.807) is 6.92 Å². The summed E-state index contributed by atoms with van der Waals surface area (Å²) in [5.74, 6) is -0.233. The molecule has 10 heteroatoms. The van der Waals surface area contributed by atoms with E-state index in [2.05, 4.69) is 29.4 Å². The fourth-order valence-corrected chi connectivity index (χ4v) is 2.87. The van der Waals surface area contributed by atoms with Gasteiger partial charge in [-0.15, -0.1) is 0 Å². The maximum atomic E-state index is 12.2. The quantitative estimate of drug-likeness (QED) is 0.617. The first-order valence-electron chi connectivity index (χ1n) is 6.01. The molecule has 9 nitrogen and oxygen atoms in total. The lowest BCUT2D eigenvalue weighted by Crippen LogP contribution is -2.43. The van der Waals surface area contributed by atoms with Gasteiger partial charge in [0.05, 0.1) is 19.6 Å². The van der Waals surface area contributed by atoms with Gasteiger partial charge in [-0.2, -0.15) is 4.72 Å². The Balaban J connectivity index is 2.20. The van der Waals surface area contributed by atoms with Crippen molar-refractivity contribution in [1.29, 1.82) is 0 Å². The molecule has 2 rings (SSSR count). The molecule has 0 aliphatic heterocycles. The molecule has 2 aromatic rings. The van der Waals surface area contributed by atoms with Crippen molar-refractivity contribution >= 4 is 16.0 Å². The topological polar surface area (TPSA) is 130 Å². The van der Waals surface area contributed by atoms with Crippen molar-refractivity contribution in [1.82, 2.24) is 24.7 Å². The molecule has 1 atom stereocenters. The van der Waals surface area contributed by atoms with Gasteiger partial charge in [0.25, 0.3) is 10.0 Å². The van der Waals surface area contributed by atoms with Gasteiger partial charge in [0.2, 0.25) is 0 Å². The van der Waals surface area contributed by atoms with Crippen LogP contribution >= 0.6 is 0 Å². The summed E-state index contributed by atoms with van der Waals surface area (Å²) < 4.78 is 31.3. The van der Waals surface area contributed by atoms with E-state index in [-0.39, 0.29) is 11.4 Å². The zero-order valence-corrected chi connectivity index (χ0v) is 12.3. The predicted molar refractivity (Wildman–Crippen MR) is 71.7 cm³/mol. The lowest BCUT2D eigenvalue weighted by Gasteiger charge is -2.15. The van der Waals surface area contributed by atoms with Crippen LogP contribution in [0.1, 0.15) is 11.5 Å². The number of methoxy groups -OCH3 is 1. The molecule has 0 radical (unpaired) electrons. The standard InChI is InChI=1S/C11H15N5O4S/c1-7-13-5-10(15-7)21(18,19)16-9(11(17)20-2)3-8-4-12-6-14-8/h4-6,9,16H,3H2,1-2H3,(H,12,14)(H,13,15)/t9-/m0/s1. The van der Waals surface area contributed by atoms with E-state index in [9.17, 15) is 13.2 Å². The molecular weight excluding hydrogens is 298 g/mol. The molecule has 3 N–H and O–H groups in total. The summed E-state index contributed by atoms with van der Waals surface area (Å²) in [5.41, 5.74) is 0.605. The molecule has 114 valence electrons. The third kappa shape index (κ3) is 3.67. The Morgan fingerprint density at radius 2 is 2.24 bits per heavy atom. The highest BCUT2D eigenvalue weighted by Gasteiger charge is 2.28. The molecule has 0 spiro atoms. The maximum absolute atomic E-state index is 12.2. The van der Waals surface area contributed by atoms with Crippen LogP contribution in [0.2, 0.25) is 0 Å². The second kappa shape index (κ2) is 6.06. The minimum absolute atomic E-state index is 0.0963. The van der Waals surface area contributed by atoms with E-state index in [1.165, 1.54) is 25.8 Å². The fourth-order valence-electron chi connectivity index (χ4n) is 1.72. The van der Waals surface area contributed by atoms with Gasteiger partial charge in [-0.25, -0.2) is 18.4 Å². The van der Waals surface area contributed by atoms with Gasteiger partial charge in [0, 0.05) is 18.3 Å². The minimum Gasteiger partial charge on any atom is -0.468 e. The van der Waals surface area contributed by atoms with Crippen molar-refractivity contribution in [2.75, 3.05) is 7.11 Å². The fraction of sp³-hybridized carbons (Fsp3) is 0.364. The van der Waals surface area contributed by atoms with Gasteiger partial charge in [0.1, 0.15) is 11.9 Å². The summed E-state index contributed by atoms with van der Waals surface area (Å²) in [6.07, 6.45) is 4.22. The first-order chi connectivity index (χ1) is 9.92. The van der Waals surface area contributed by atoms with E-state index in [4.69, 9.17) is 0 Å². The van der Waals surface area contributed by atoms with Gasteiger partial charge in [0.15, 0.2) is 5.03 Å². The molecule has 0 saturated heterocycles. The Morgan fingerprint density at radius 1 is 1.48 bits per heavy atom. The van der Waals surface area contributed by atoms with Crippen molar-refractivity contribution < 1.29 is 17.9 Å². The highest BCUT2D eigenvalue weighted by molar-refractivity contribution is 7.89. The zero-order chi connectivity index (χ0) is 15.5. The molecule has 0 aliphatic rings. The zero-order valence-electron chi connectivity index (χ0n) is 11.5. The molecule has 0 saturated carbocycles. The van der Waals surface area contributed by atoms with Crippen LogP contribution in [-0.2, 0) is 26.0 Å². The lowest BCUT2D eigenvalue weighted by molar-refractivity contribution is -0.142. The summed E-state index contributed by atoms with van der Waals surface area (Å²) in [5, 5.41) is -0.112. The second-order valence-corrected chi connectivity index (χ2v) is 5.99. The number of sulfonamides is 1. The number of ether oxygens (including phenoxy) is 1. The van der Waals surface area contributed by atoms with Crippen LogP contribution in [0.3, 0.4) is 0 Å². The highest BCUT2D eigenvalue weighted by atomic mass is 32.2. The Hall–Kier alpha value is -2.20. The summed E-state index contributed by atoms with van der Waals surface area (Å²) in [4.78, 5) is 24.8.